The summed E-state index contributed by atoms with van der Waals surface area (Å²) in [4.78, 5) is 46.5. The number of carbonyl (C=O) groups is 2. The summed E-state index contributed by atoms with van der Waals surface area (Å²) < 4.78 is 7.13. The van der Waals surface area contributed by atoms with Crippen molar-refractivity contribution in [2.75, 3.05) is 18.6 Å². The zero-order valence-corrected chi connectivity index (χ0v) is 19.2. The van der Waals surface area contributed by atoms with Gasteiger partial charge in [-0.25, -0.2) is 9.79 Å². The van der Waals surface area contributed by atoms with Crippen molar-refractivity contribution in [1.82, 2.24) is 4.57 Å². The molecule has 166 valence electrons. The van der Waals surface area contributed by atoms with Crippen LogP contribution in [0.3, 0.4) is 0 Å². The van der Waals surface area contributed by atoms with Crippen molar-refractivity contribution in [3.05, 3.63) is 96.7 Å². The highest BCUT2D eigenvalue weighted by Crippen LogP contribution is 2.34. The van der Waals surface area contributed by atoms with Gasteiger partial charge in [0, 0.05) is 12.6 Å². The quantitative estimate of drug-likeness (QED) is 0.562. The molecule has 0 unspecified atom stereocenters. The molecule has 0 fully saturated rings. The van der Waals surface area contributed by atoms with E-state index in [1.165, 1.54) is 15.9 Å². The van der Waals surface area contributed by atoms with Crippen molar-refractivity contribution in [2.45, 2.75) is 19.9 Å². The summed E-state index contributed by atoms with van der Waals surface area (Å²) in [6, 6.07) is 16.0. The molecule has 0 spiro atoms. The third kappa shape index (κ3) is 3.17. The number of nitrogens with zero attached hydrogens (tertiary/aromatic N) is 3. The van der Waals surface area contributed by atoms with Gasteiger partial charge < -0.3 is 9.64 Å². The third-order valence-corrected chi connectivity index (χ3v) is 6.94. The third-order valence-electron chi connectivity index (χ3n) is 5.89. The number of likely N-dealkylation sites (N-methyl/N-ethyl adjacent to an activating group) is 1. The monoisotopic (exact) mass is 459 g/mol. The zero-order valence-electron chi connectivity index (χ0n) is 18.4. The van der Waals surface area contributed by atoms with Crippen LogP contribution in [0, 0.1) is 0 Å². The van der Waals surface area contributed by atoms with Crippen LogP contribution in [-0.2, 0) is 14.3 Å². The number of aromatic nitrogens is 1. The number of benzene rings is 2. The largest absolute Gasteiger partial charge is 0.463 e. The molecule has 0 saturated heterocycles. The number of anilines is 1. The lowest BCUT2D eigenvalue weighted by Gasteiger charge is -2.24. The summed E-state index contributed by atoms with van der Waals surface area (Å²) in [7, 11) is 1.70. The van der Waals surface area contributed by atoms with Crippen LogP contribution in [0.25, 0.3) is 5.57 Å². The maximum atomic E-state index is 13.8. The zero-order chi connectivity index (χ0) is 23.3. The average molecular weight is 460 g/mol. The van der Waals surface area contributed by atoms with E-state index in [1.807, 2.05) is 54.6 Å². The number of hydrogen-bond donors (Lipinski definition) is 0. The first-order chi connectivity index (χ1) is 15.9. The van der Waals surface area contributed by atoms with Gasteiger partial charge in [-0.15, -0.1) is 0 Å². The van der Waals surface area contributed by atoms with E-state index in [-0.39, 0.29) is 18.1 Å². The molecule has 0 saturated carbocycles. The fourth-order valence-corrected chi connectivity index (χ4v) is 5.52. The van der Waals surface area contributed by atoms with Gasteiger partial charge >= 0.3 is 5.97 Å². The first-order valence-corrected chi connectivity index (χ1v) is 11.4. The number of hydrogen-bond acceptors (Lipinski definition) is 6. The Morgan fingerprint density at radius 3 is 2.52 bits per heavy atom. The van der Waals surface area contributed by atoms with Gasteiger partial charge in [0.05, 0.1) is 35.2 Å². The molecule has 0 bridgehead atoms. The molecular weight excluding hydrogens is 438 g/mol. The molecule has 2 aromatic carbocycles. The first kappa shape index (κ1) is 21.1. The maximum Gasteiger partial charge on any atom is 0.338 e. The Bertz CT molecular complexity index is 1510. The van der Waals surface area contributed by atoms with Crippen LogP contribution in [0.5, 0.6) is 0 Å². The number of fused-ring (bicyclic) bond motifs is 2. The van der Waals surface area contributed by atoms with Crippen molar-refractivity contribution >= 4 is 34.5 Å². The van der Waals surface area contributed by atoms with Gasteiger partial charge in [-0.2, -0.15) is 0 Å². The average Bonchev–Trinajstić information content (AvgIpc) is 3.26. The minimum absolute atomic E-state index is 0.212. The molecule has 1 aromatic heterocycles. The molecule has 0 aliphatic carbocycles. The molecular formula is C25H21N3O4S. The van der Waals surface area contributed by atoms with E-state index in [2.05, 4.69) is 4.99 Å². The smallest absolute Gasteiger partial charge is 0.338 e. The first-order valence-electron chi connectivity index (χ1n) is 10.6. The van der Waals surface area contributed by atoms with E-state index in [9.17, 15) is 14.4 Å². The van der Waals surface area contributed by atoms with Crippen LogP contribution < -0.4 is 19.8 Å². The molecule has 8 heteroatoms. The SMILES string of the molecule is CCOC(=O)C1=C(C)N=c2s/c(=C3\C(=O)N(C)c4ccccc43)c(=O)n2[C@@H]1c1ccccc1. The molecule has 0 radical (unpaired) electrons. The standard InChI is InChI=1S/C25H21N3O4S/c1-4-32-24(31)18-14(2)26-25-28(20(18)15-10-6-5-7-11-15)23(30)21(33-25)19-16-12-8-9-13-17(16)27(3)22(19)29/h5-13,20H,4H2,1-3H3/b21-19-/t20-/m1/s1. The van der Waals surface area contributed by atoms with Crippen LogP contribution in [0.2, 0.25) is 0 Å². The summed E-state index contributed by atoms with van der Waals surface area (Å²) in [5.41, 5.74) is 3.07. The summed E-state index contributed by atoms with van der Waals surface area (Å²) in [5.74, 6) is -0.744. The Kier molecular flexibility index (Phi) is 5.09. The highest BCUT2D eigenvalue weighted by Gasteiger charge is 2.36. The minimum Gasteiger partial charge on any atom is -0.463 e. The lowest BCUT2D eigenvalue weighted by atomic mass is 9.96. The van der Waals surface area contributed by atoms with Gasteiger partial charge in [0.1, 0.15) is 4.53 Å². The van der Waals surface area contributed by atoms with Crippen molar-refractivity contribution in [3.63, 3.8) is 0 Å². The Labute approximate surface area is 193 Å². The molecule has 5 rings (SSSR count). The number of thiazole rings is 1. The molecule has 2 aliphatic rings. The van der Waals surface area contributed by atoms with Crippen LogP contribution >= 0.6 is 11.3 Å². The topological polar surface area (TPSA) is 81.0 Å². The summed E-state index contributed by atoms with van der Waals surface area (Å²) in [5, 5.41) is 0. The molecule has 0 N–H and O–H groups in total. The summed E-state index contributed by atoms with van der Waals surface area (Å²) in [6.07, 6.45) is 0. The molecule has 33 heavy (non-hydrogen) atoms. The van der Waals surface area contributed by atoms with E-state index in [4.69, 9.17) is 4.74 Å². The van der Waals surface area contributed by atoms with Crippen molar-refractivity contribution in [3.8, 4) is 0 Å². The summed E-state index contributed by atoms with van der Waals surface area (Å²) >= 11 is 1.17. The van der Waals surface area contributed by atoms with Gasteiger partial charge in [-0.3, -0.25) is 14.2 Å². The van der Waals surface area contributed by atoms with E-state index in [0.29, 0.717) is 31.7 Å². The van der Waals surface area contributed by atoms with Crippen LogP contribution in [-0.4, -0.2) is 30.1 Å². The van der Waals surface area contributed by atoms with Crippen molar-refractivity contribution in [2.24, 2.45) is 4.99 Å². The molecule has 1 atom stereocenters. The van der Waals surface area contributed by atoms with Gasteiger partial charge in [0.25, 0.3) is 11.5 Å². The van der Waals surface area contributed by atoms with E-state index in [0.717, 1.165) is 11.3 Å². The van der Waals surface area contributed by atoms with Crippen LogP contribution in [0.1, 0.15) is 31.0 Å². The fraction of sp³-hybridized carbons (Fsp3) is 0.200. The molecule has 3 heterocycles. The Morgan fingerprint density at radius 2 is 1.79 bits per heavy atom. The Hall–Kier alpha value is -3.78. The maximum absolute atomic E-state index is 13.8. The van der Waals surface area contributed by atoms with Gasteiger partial charge in [-0.1, -0.05) is 59.9 Å². The van der Waals surface area contributed by atoms with E-state index >= 15 is 0 Å². The highest BCUT2D eigenvalue weighted by atomic mass is 32.1. The second-order valence-corrected chi connectivity index (χ2v) is 8.77. The van der Waals surface area contributed by atoms with Crippen LogP contribution in [0.15, 0.2) is 75.7 Å². The summed E-state index contributed by atoms with van der Waals surface area (Å²) in [6.45, 7) is 3.69. The fourth-order valence-electron chi connectivity index (χ4n) is 4.38. The molecule has 2 aliphatic heterocycles. The predicted octanol–water partition coefficient (Wildman–Crippen LogP) is 2.14. The van der Waals surface area contributed by atoms with Gasteiger partial charge in [-0.05, 0) is 25.5 Å². The number of rotatable bonds is 3. The Balaban J connectivity index is 1.84. The second-order valence-electron chi connectivity index (χ2n) is 7.79. The molecule has 3 aromatic rings. The Morgan fingerprint density at radius 1 is 1.09 bits per heavy atom. The van der Waals surface area contributed by atoms with E-state index in [1.54, 1.807) is 25.8 Å². The minimum atomic E-state index is -0.694. The normalized spacial score (nSPS) is 18.7. The van der Waals surface area contributed by atoms with Gasteiger partial charge in [0.15, 0.2) is 4.80 Å². The van der Waals surface area contributed by atoms with Gasteiger partial charge in [0.2, 0.25) is 0 Å². The lowest BCUT2D eigenvalue weighted by molar-refractivity contribution is -0.139. The number of carbonyl (C=O) groups excluding carboxylic acids is 2. The highest BCUT2D eigenvalue weighted by molar-refractivity contribution is 7.07. The van der Waals surface area contributed by atoms with Crippen molar-refractivity contribution < 1.29 is 14.3 Å². The van der Waals surface area contributed by atoms with E-state index < -0.39 is 12.0 Å². The number of amides is 1. The number of para-hydroxylation sites is 1. The van der Waals surface area contributed by atoms with Crippen molar-refractivity contribution in [1.29, 1.82) is 0 Å². The molecule has 1 amide bonds. The molecule has 7 nitrogen and oxygen atoms in total. The number of ether oxygens (including phenoxy) is 1. The lowest BCUT2D eigenvalue weighted by Crippen LogP contribution is -2.40. The predicted molar refractivity (Wildman–Crippen MR) is 126 cm³/mol. The number of esters is 1. The van der Waals surface area contributed by atoms with Crippen LogP contribution in [0.4, 0.5) is 5.69 Å². The second kappa shape index (κ2) is 7.97. The number of allylic oxidation sites excluding steroid dienone is 1.